The van der Waals surface area contributed by atoms with Crippen LogP contribution < -0.4 is 0 Å². The summed E-state index contributed by atoms with van der Waals surface area (Å²) >= 11 is 7.87. The van der Waals surface area contributed by atoms with Gasteiger partial charge in [-0.05, 0) is 41.4 Å². The summed E-state index contributed by atoms with van der Waals surface area (Å²) in [5, 5.41) is 0. The quantitative estimate of drug-likeness (QED) is 0.763. The zero-order valence-electron chi connectivity index (χ0n) is 8.26. The fourth-order valence-electron chi connectivity index (χ4n) is 1.41. The predicted octanol–water partition coefficient (Wildman–Crippen LogP) is 3.96. The molecular weight excluding hydrogens is 244 g/mol. The van der Waals surface area contributed by atoms with E-state index in [1.165, 1.54) is 11.1 Å². The molecule has 0 aliphatic carbocycles. The summed E-state index contributed by atoms with van der Waals surface area (Å²) in [5.74, 6) is 0.865. The molecule has 1 rings (SSSR count). The van der Waals surface area contributed by atoms with Gasteiger partial charge in [0.2, 0.25) is 0 Å². The monoisotopic (exact) mass is 258 g/mol. The van der Waals surface area contributed by atoms with E-state index in [4.69, 9.17) is 0 Å². The Morgan fingerprint density at radius 2 is 2.00 bits per heavy atom. The molecule has 0 aliphatic heterocycles. The van der Waals surface area contributed by atoms with E-state index < -0.39 is 0 Å². The molecule has 0 N–H and O–H groups in total. The van der Waals surface area contributed by atoms with Gasteiger partial charge in [0.1, 0.15) is 0 Å². The molecule has 13 heavy (non-hydrogen) atoms. The van der Waals surface area contributed by atoms with Crippen molar-refractivity contribution in [2.75, 3.05) is 5.75 Å². The van der Waals surface area contributed by atoms with E-state index in [0.29, 0.717) is 0 Å². The minimum atomic E-state index is 0.150. The number of rotatable bonds is 2. The highest BCUT2D eigenvalue weighted by Gasteiger charge is 2.20. The van der Waals surface area contributed by atoms with Gasteiger partial charge >= 0.3 is 0 Å². The zero-order valence-corrected chi connectivity index (χ0v) is 10.7. The molecule has 1 aromatic rings. The van der Waals surface area contributed by atoms with Crippen molar-refractivity contribution < 1.29 is 0 Å². The fraction of sp³-hybridized carbons (Fsp3) is 0.455. The summed E-state index contributed by atoms with van der Waals surface area (Å²) < 4.78 is 1.14. The molecule has 0 radical (unpaired) electrons. The highest BCUT2D eigenvalue weighted by Crippen LogP contribution is 2.29. The van der Waals surface area contributed by atoms with Gasteiger partial charge in [-0.25, -0.2) is 0 Å². The molecule has 0 fully saturated rings. The molecule has 0 amide bonds. The Balaban J connectivity index is 3.20. The third-order valence-corrected chi connectivity index (χ3v) is 3.61. The molecule has 0 bridgehead atoms. The largest absolute Gasteiger partial charge is 0.178 e. The van der Waals surface area contributed by atoms with E-state index in [9.17, 15) is 0 Å². The van der Waals surface area contributed by atoms with Crippen molar-refractivity contribution in [1.82, 2.24) is 0 Å². The summed E-state index contributed by atoms with van der Waals surface area (Å²) in [5.41, 5.74) is 2.86. The average Bonchev–Trinajstić information content (AvgIpc) is 2.09. The second-order valence-corrected chi connectivity index (χ2v) is 5.23. The molecule has 0 atom stereocenters. The number of thiol groups is 1. The highest BCUT2D eigenvalue weighted by molar-refractivity contribution is 9.10. The van der Waals surface area contributed by atoms with Crippen LogP contribution in [0.4, 0.5) is 0 Å². The average molecular weight is 259 g/mol. The normalized spacial score (nSPS) is 11.8. The van der Waals surface area contributed by atoms with E-state index in [0.717, 1.165) is 10.2 Å². The Morgan fingerprint density at radius 3 is 2.54 bits per heavy atom. The summed E-state index contributed by atoms with van der Waals surface area (Å²) in [6.45, 7) is 6.58. The van der Waals surface area contributed by atoms with Crippen LogP contribution in [-0.4, -0.2) is 5.75 Å². The molecule has 0 aromatic heterocycles. The van der Waals surface area contributed by atoms with Crippen molar-refractivity contribution in [3.8, 4) is 0 Å². The highest BCUT2D eigenvalue weighted by atomic mass is 79.9. The molecule has 0 heterocycles. The molecule has 72 valence electrons. The fourth-order valence-corrected chi connectivity index (χ4v) is 1.94. The molecule has 0 aliphatic rings. The third kappa shape index (κ3) is 2.50. The summed E-state index contributed by atoms with van der Waals surface area (Å²) in [6.07, 6.45) is 0. The number of hydrogen-bond donors (Lipinski definition) is 1. The van der Waals surface area contributed by atoms with Crippen molar-refractivity contribution in [2.45, 2.75) is 26.2 Å². The van der Waals surface area contributed by atoms with Crippen LogP contribution in [0, 0.1) is 6.92 Å². The first kappa shape index (κ1) is 11.1. The van der Waals surface area contributed by atoms with E-state index in [2.05, 4.69) is 67.5 Å². The molecule has 0 saturated heterocycles. The maximum absolute atomic E-state index is 4.38. The van der Waals surface area contributed by atoms with Crippen LogP contribution in [0.5, 0.6) is 0 Å². The molecule has 0 unspecified atom stereocenters. The van der Waals surface area contributed by atoms with E-state index in [-0.39, 0.29) is 5.41 Å². The van der Waals surface area contributed by atoms with Gasteiger partial charge < -0.3 is 0 Å². The molecule has 2 heteroatoms. The lowest BCUT2D eigenvalue weighted by atomic mass is 9.84. The Morgan fingerprint density at radius 1 is 1.38 bits per heavy atom. The van der Waals surface area contributed by atoms with Crippen LogP contribution in [0.25, 0.3) is 0 Å². The van der Waals surface area contributed by atoms with Crippen LogP contribution in [0.2, 0.25) is 0 Å². The Kier molecular flexibility index (Phi) is 3.47. The Hall–Kier alpha value is 0.0500. The van der Waals surface area contributed by atoms with Crippen LogP contribution in [0.15, 0.2) is 22.7 Å². The van der Waals surface area contributed by atoms with Gasteiger partial charge in [0.25, 0.3) is 0 Å². The summed E-state index contributed by atoms with van der Waals surface area (Å²) in [6, 6.07) is 6.41. The van der Waals surface area contributed by atoms with Gasteiger partial charge in [-0.3, -0.25) is 0 Å². The van der Waals surface area contributed by atoms with Crippen LogP contribution in [-0.2, 0) is 5.41 Å². The van der Waals surface area contributed by atoms with Crippen molar-refractivity contribution in [3.63, 3.8) is 0 Å². The number of aryl methyl sites for hydroxylation is 1. The van der Waals surface area contributed by atoms with Crippen LogP contribution in [0.3, 0.4) is 0 Å². The lowest BCUT2D eigenvalue weighted by Crippen LogP contribution is -2.20. The minimum absolute atomic E-state index is 0.150. The van der Waals surface area contributed by atoms with Gasteiger partial charge in [0, 0.05) is 4.47 Å². The van der Waals surface area contributed by atoms with E-state index in [1.807, 2.05) is 0 Å². The zero-order chi connectivity index (χ0) is 10.1. The molecule has 0 saturated carbocycles. The van der Waals surface area contributed by atoms with Gasteiger partial charge in [-0.2, -0.15) is 12.6 Å². The van der Waals surface area contributed by atoms with Gasteiger partial charge in [-0.1, -0.05) is 35.8 Å². The first-order chi connectivity index (χ1) is 5.97. The summed E-state index contributed by atoms with van der Waals surface area (Å²) in [4.78, 5) is 0. The second-order valence-electron chi connectivity index (χ2n) is 4.00. The van der Waals surface area contributed by atoms with Gasteiger partial charge in [0.05, 0.1) is 0 Å². The standard InChI is InChI=1S/C11H15BrS/c1-8-4-5-9(12)6-10(8)11(2,3)7-13/h4-6,13H,7H2,1-3H3. The first-order valence-corrected chi connectivity index (χ1v) is 5.77. The lowest BCUT2D eigenvalue weighted by molar-refractivity contribution is 0.599. The predicted molar refractivity (Wildman–Crippen MR) is 65.8 cm³/mol. The van der Waals surface area contributed by atoms with Crippen molar-refractivity contribution in [1.29, 1.82) is 0 Å². The van der Waals surface area contributed by atoms with Crippen LogP contribution >= 0.6 is 28.6 Å². The maximum atomic E-state index is 4.38. The number of halogens is 1. The Labute approximate surface area is 94.3 Å². The molecular formula is C11H15BrS. The SMILES string of the molecule is Cc1ccc(Br)cc1C(C)(C)CS. The Bertz CT molecular complexity index is 305. The van der Waals surface area contributed by atoms with Crippen LogP contribution in [0.1, 0.15) is 25.0 Å². The lowest BCUT2D eigenvalue weighted by Gasteiger charge is -2.25. The molecule has 1 aromatic carbocycles. The van der Waals surface area contributed by atoms with Crippen molar-refractivity contribution in [3.05, 3.63) is 33.8 Å². The number of hydrogen-bond acceptors (Lipinski definition) is 1. The summed E-state index contributed by atoms with van der Waals surface area (Å²) in [7, 11) is 0. The maximum Gasteiger partial charge on any atom is 0.0178 e. The molecule has 0 nitrogen and oxygen atoms in total. The van der Waals surface area contributed by atoms with Gasteiger partial charge in [-0.15, -0.1) is 0 Å². The third-order valence-electron chi connectivity index (χ3n) is 2.32. The second kappa shape index (κ2) is 4.05. The van der Waals surface area contributed by atoms with Crippen molar-refractivity contribution in [2.24, 2.45) is 0 Å². The van der Waals surface area contributed by atoms with E-state index >= 15 is 0 Å². The first-order valence-electron chi connectivity index (χ1n) is 4.35. The number of benzene rings is 1. The minimum Gasteiger partial charge on any atom is -0.178 e. The van der Waals surface area contributed by atoms with Gasteiger partial charge in [0.15, 0.2) is 0 Å². The van der Waals surface area contributed by atoms with E-state index in [1.54, 1.807) is 0 Å². The van der Waals surface area contributed by atoms with Crippen molar-refractivity contribution >= 4 is 28.6 Å². The topological polar surface area (TPSA) is 0 Å². The molecule has 0 spiro atoms. The smallest absolute Gasteiger partial charge is 0.0178 e.